The van der Waals surface area contributed by atoms with Crippen LogP contribution in [0.3, 0.4) is 0 Å². The van der Waals surface area contributed by atoms with Crippen molar-refractivity contribution in [3.63, 3.8) is 0 Å². The molecular formula is C20H17ClO3. The number of halogens is 1. The molecule has 0 fully saturated rings. The van der Waals surface area contributed by atoms with Gasteiger partial charge in [-0.05, 0) is 48.9 Å². The first-order valence-electron chi connectivity index (χ1n) is 7.25. The summed E-state index contributed by atoms with van der Waals surface area (Å²) in [6, 6.07) is 9.78. The maximum atomic E-state index is 12.3. The van der Waals surface area contributed by atoms with Crippen LogP contribution in [-0.2, 0) is 0 Å². The standard InChI is InChI=1S/C20H17ClO3/c1-13(2)3-9-16-19(23)12-10-17(20(16)24)18(22)11-6-14-4-7-15(21)8-5-14/h3-12,23-24H,1H2,2H3. The molecule has 4 heteroatoms. The first-order valence-corrected chi connectivity index (χ1v) is 7.63. The molecule has 0 heterocycles. The van der Waals surface area contributed by atoms with Crippen LogP contribution in [0.1, 0.15) is 28.4 Å². The Kier molecular flexibility index (Phi) is 5.61. The molecule has 0 aliphatic carbocycles. The Labute approximate surface area is 145 Å². The maximum absolute atomic E-state index is 12.3. The van der Waals surface area contributed by atoms with Gasteiger partial charge in [0.2, 0.25) is 0 Å². The molecule has 2 aromatic carbocycles. The Balaban J connectivity index is 2.31. The van der Waals surface area contributed by atoms with Crippen molar-refractivity contribution in [1.82, 2.24) is 0 Å². The molecule has 122 valence electrons. The Morgan fingerprint density at radius 1 is 1.04 bits per heavy atom. The normalized spacial score (nSPS) is 11.2. The number of allylic oxidation sites excluding steroid dienone is 3. The van der Waals surface area contributed by atoms with E-state index < -0.39 is 0 Å². The Morgan fingerprint density at radius 2 is 1.71 bits per heavy atom. The summed E-state index contributed by atoms with van der Waals surface area (Å²) < 4.78 is 0. The van der Waals surface area contributed by atoms with Crippen LogP contribution >= 0.6 is 11.6 Å². The molecule has 0 unspecified atom stereocenters. The van der Waals surface area contributed by atoms with E-state index in [1.165, 1.54) is 24.3 Å². The Bertz CT molecular complexity index is 831. The van der Waals surface area contributed by atoms with E-state index in [0.717, 1.165) is 11.1 Å². The summed E-state index contributed by atoms with van der Waals surface area (Å²) in [5.41, 5.74) is 1.87. The van der Waals surface area contributed by atoms with E-state index in [-0.39, 0.29) is 28.4 Å². The van der Waals surface area contributed by atoms with Gasteiger partial charge in [0.15, 0.2) is 5.78 Å². The predicted molar refractivity (Wildman–Crippen MR) is 98.4 cm³/mol. The van der Waals surface area contributed by atoms with Gasteiger partial charge in [-0.25, -0.2) is 0 Å². The zero-order chi connectivity index (χ0) is 17.7. The molecule has 0 aromatic heterocycles. The largest absolute Gasteiger partial charge is 0.507 e. The highest BCUT2D eigenvalue weighted by molar-refractivity contribution is 6.30. The molecule has 0 aliphatic rings. The molecule has 0 aliphatic heterocycles. The minimum atomic E-state index is -0.368. The third-order valence-electron chi connectivity index (χ3n) is 3.29. The first-order chi connectivity index (χ1) is 11.4. The molecule has 0 atom stereocenters. The molecule has 3 nitrogen and oxygen atoms in total. The van der Waals surface area contributed by atoms with E-state index in [1.54, 1.807) is 43.3 Å². The second-order valence-corrected chi connectivity index (χ2v) is 5.76. The van der Waals surface area contributed by atoms with Crippen LogP contribution in [-0.4, -0.2) is 16.0 Å². The minimum Gasteiger partial charge on any atom is -0.507 e. The maximum Gasteiger partial charge on any atom is 0.189 e. The molecule has 0 bridgehead atoms. The van der Waals surface area contributed by atoms with Crippen LogP contribution in [0.25, 0.3) is 12.2 Å². The van der Waals surface area contributed by atoms with Crippen LogP contribution in [0.15, 0.2) is 60.7 Å². The van der Waals surface area contributed by atoms with Gasteiger partial charge >= 0.3 is 0 Å². The van der Waals surface area contributed by atoms with Crippen LogP contribution in [0.4, 0.5) is 0 Å². The van der Waals surface area contributed by atoms with E-state index in [0.29, 0.717) is 5.02 Å². The van der Waals surface area contributed by atoms with Crippen molar-refractivity contribution in [1.29, 1.82) is 0 Å². The van der Waals surface area contributed by atoms with Gasteiger partial charge in [-0.15, -0.1) is 0 Å². The third-order valence-corrected chi connectivity index (χ3v) is 3.54. The van der Waals surface area contributed by atoms with E-state index in [9.17, 15) is 15.0 Å². The highest BCUT2D eigenvalue weighted by Crippen LogP contribution is 2.32. The summed E-state index contributed by atoms with van der Waals surface area (Å²) in [6.07, 6.45) is 6.16. The lowest BCUT2D eigenvalue weighted by Crippen LogP contribution is -1.96. The molecule has 0 radical (unpaired) electrons. The highest BCUT2D eigenvalue weighted by Gasteiger charge is 2.14. The van der Waals surface area contributed by atoms with Crippen molar-refractivity contribution in [2.24, 2.45) is 0 Å². The number of ketones is 1. The van der Waals surface area contributed by atoms with Gasteiger partial charge in [-0.3, -0.25) is 4.79 Å². The van der Waals surface area contributed by atoms with Crippen LogP contribution in [0.5, 0.6) is 11.5 Å². The van der Waals surface area contributed by atoms with Crippen molar-refractivity contribution in [2.75, 3.05) is 0 Å². The fourth-order valence-corrected chi connectivity index (χ4v) is 2.15. The smallest absolute Gasteiger partial charge is 0.189 e. The predicted octanol–water partition coefficient (Wildman–Crippen LogP) is 5.24. The summed E-state index contributed by atoms with van der Waals surface area (Å²) in [7, 11) is 0. The molecule has 2 N–H and O–H groups in total. The van der Waals surface area contributed by atoms with Crippen molar-refractivity contribution < 1.29 is 15.0 Å². The molecule has 24 heavy (non-hydrogen) atoms. The molecule has 2 aromatic rings. The van der Waals surface area contributed by atoms with Crippen LogP contribution in [0.2, 0.25) is 5.02 Å². The van der Waals surface area contributed by atoms with Gasteiger partial charge in [0.25, 0.3) is 0 Å². The van der Waals surface area contributed by atoms with Crippen molar-refractivity contribution in [3.05, 3.63) is 82.4 Å². The van der Waals surface area contributed by atoms with E-state index in [1.807, 2.05) is 0 Å². The number of aromatic hydroxyl groups is 2. The van der Waals surface area contributed by atoms with E-state index in [4.69, 9.17) is 11.6 Å². The summed E-state index contributed by atoms with van der Waals surface area (Å²) in [6.45, 7) is 5.50. The zero-order valence-corrected chi connectivity index (χ0v) is 13.9. The Hall–Kier alpha value is -2.78. The van der Waals surface area contributed by atoms with Gasteiger partial charge in [-0.1, -0.05) is 48.0 Å². The lowest BCUT2D eigenvalue weighted by atomic mass is 10.0. The van der Waals surface area contributed by atoms with Gasteiger partial charge in [0, 0.05) is 5.02 Å². The molecular weight excluding hydrogens is 324 g/mol. The molecule has 0 spiro atoms. The summed E-state index contributed by atoms with van der Waals surface area (Å²) in [5.74, 6) is -0.742. The zero-order valence-electron chi connectivity index (χ0n) is 13.2. The van der Waals surface area contributed by atoms with Crippen molar-refractivity contribution in [3.8, 4) is 11.5 Å². The number of carbonyl (C=O) groups is 1. The third kappa shape index (κ3) is 4.37. The SMILES string of the molecule is C=C(C)C=Cc1c(O)ccc(C(=O)C=Cc2ccc(Cl)cc2)c1O. The molecule has 0 saturated carbocycles. The lowest BCUT2D eigenvalue weighted by Gasteiger charge is -2.07. The number of hydrogen-bond donors (Lipinski definition) is 2. The number of rotatable bonds is 5. The van der Waals surface area contributed by atoms with Crippen molar-refractivity contribution >= 4 is 29.5 Å². The topological polar surface area (TPSA) is 57.5 Å². The van der Waals surface area contributed by atoms with Gasteiger partial charge < -0.3 is 10.2 Å². The summed E-state index contributed by atoms with van der Waals surface area (Å²) >= 11 is 5.81. The quantitative estimate of drug-likeness (QED) is 0.444. The molecule has 2 rings (SSSR count). The number of phenols is 2. The second-order valence-electron chi connectivity index (χ2n) is 5.32. The fourth-order valence-electron chi connectivity index (χ4n) is 2.02. The molecule has 0 amide bonds. The number of hydrogen-bond acceptors (Lipinski definition) is 3. The Morgan fingerprint density at radius 3 is 2.33 bits per heavy atom. The number of benzene rings is 2. The summed E-state index contributed by atoms with van der Waals surface area (Å²) in [5, 5.41) is 20.7. The minimum absolute atomic E-state index is 0.108. The van der Waals surface area contributed by atoms with Gasteiger partial charge in [-0.2, -0.15) is 0 Å². The van der Waals surface area contributed by atoms with Crippen LogP contribution in [0, 0.1) is 0 Å². The van der Waals surface area contributed by atoms with Gasteiger partial charge in [0.05, 0.1) is 11.1 Å². The number of carbonyl (C=O) groups excluding carboxylic acids is 1. The van der Waals surface area contributed by atoms with Crippen molar-refractivity contribution in [2.45, 2.75) is 6.92 Å². The van der Waals surface area contributed by atoms with Gasteiger partial charge in [0.1, 0.15) is 11.5 Å². The second kappa shape index (κ2) is 7.66. The molecule has 0 saturated heterocycles. The lowest BCUT2D eigenvalue weighted by molar-refractivity contribution is 0.104. The van der Waals surface area contributed by atoms with E-state index in [2.05, 4.69) is 6.58 Å². The average molecular weight is 341 g/mol. The highest BCUT2D eigenvalue weighted by atomic mass is 35.5. The summed E-state index contributed by atoms with van der Waals surface area (Å²) in [4.78, 5) is 12.3. The fraction of sp³-hybridized carbons (Fsp3) is 0.0500. The van der Waals surface area contributed by atoms with E-state index >= 15 is 0 Å². The number of phenolic OH excluding ortho intramolecular Hbond substituents is 2. The average Bonchev–Trinajstić information content (AvgIpc) is 2.53. The van der Waals surface area contributed by atoms with Crippen LogP contribution < -0.4 is 0 Å². The monoisotopic (exact) mass is 340 g/mol. The first kappa shape index (κ1) is 17.6.